The number of carbonyl (C=O) groups excluding carboxylic acids is 2. The third-order valence-electron chi connectivity index (χ3n) is 3.22. The molecule has 7 nitrogen and oxygen atoms in total. The first-order chi connectivity index (χ1) is 9.49. The van der Waals surface area contributed by atoms with E-state index in [1.165, 1.54) is 4.68 Å². The summed E-state index contributed by atoms with van der Waals surface area (Å²) < 4.78 is 6.57. The molecule has 1 amide bonds. The van der Waals surface area contributed by atoms with Crippen LogP contribution in [0.4, 0.5) is 0 Å². The van der Waals surface area contributed by atoms with Gasteiger partial charge in [0.1, 0.15) is 6.54 Å². The maximum Gasteiger partial charge on any atom is 0.360 e. The fraction of sp³-hybridized carbons (Fsp3) is 0.692. The van der Waals surface area contributed by atoms with Crippen molar-refractivity contribution in [2.24, 2.45) is 5.92 Å². The lowest BCUT2D eigenvalue weighted by atomic mass is 10.2. The van der Waals surface area contributed by atoms with Gasteiger partial charge in [-0.2, -0.15) is 0 Å². The Morgan fingerprint density at radius 1 is 1.35 bits per heavy atom. The number of esters is 1. The lowest BCUT2D eigenvalue weighted by Crippen LogP contribution is -2.43. The molecule has 1 fully saturated rings. The highest BCUT2D eigenvalue weighted by molar-refractivity contribution is 5.88. The van der Waals surface area contributed by atoms with Gasteiger partial charge >= 0.3 is 5.97 Å². The van der Waals surface area contributed by atoms with E-state index in [2.05, 4.69) is 10.3 Å². The second kappa shape index (κ2) is 6.02. The predicted molar refractivity (Wildman–Crippen MR) is 71.1 cm³/mol. The van der Waals surface area contributed by atoms with Crippen LogP contribution in [-0.2, 0) is 16.1 Å². The molecule has 0 spiro atoms. The minimum atomic E-state index is -0.487. The highest BCUT2D eigenvalue weighted by atomic mass is 16.5. The molecule has 110 valence electrons. The van der Waals surface area contributed by atoms with E-state index >= 15 is 0 Å². The van der Waals surface area contributed by atoms with Gasteiger partial charge in [-0.1, -0.05) is 19.1 Å². The zero-order chi connectivity index (χ0) is 14.7. The first-order valence-corrected chi connectivity index (χ1v) is 6.84. The normalized spacial score (nSPS) is 14.3. The molecule has 0 atom stereocenters. The molecule has 2 rings (SSSR count). The van der Waals surface area contributed by atoms with Crippen molar-refractivity contribution in [3.8, 4) is 0 Å². The minimum Gasteiger partial charge on any atom is -0.461 e. The summed E-state index contributed by atoms with van der Waals surface area (Å²) in [4.78, 5) is 25.5. The van der Waals surface area contributed by atoms with Gasteiger partial charge in [0.05, 0.1) is 12.3 Å². The molecule has 0 bridgehead atoms. The van der Waals surface area contributed by atoms with Crippen LogP contribution >= 0.6 is 0 Å². The Hall–Kier alpha value is -1.92. The average Bonchev–Trinajstić information content (AvgIpc) is 2.66. The molecule has 7 heteroatoms. The molecule has 1 aromatic heterocycles. The first kappa shape index (κ1) is 14.5. The van der Waals surface area contributed by atoms with Crippen LogP contribution in [0.2, 0.25) is 0 Å². The van der Waals surface area contributed by atoms with Crippen LogP contribution in [0.15, 0.2) is 0 Å². The second-order valence-electron chi connectivity index (χ2n) is 5.41. The van der Waals surface area contributed by atoms with Crippen molar-refractivity contribution in [1.82, 2.24) is 19.9 Å². The number of amides is 1. The number of hydrogen-bond acceptors (Lipinski definition) is 5. The second-order valence-corrected chi connectivity index (χ2v) is 5.41. The van der Waals surface area contributed by atoms with Crippen molar-refractivity contribution in [1.29, 1.82) is 0 Å². The van der Waals surface area contributed by atoms with Crippen molar-refractivity contribution < 1.29 is 14.3 Å². The minimum absolute atomic E-state index is 0.00588. The summed E-state index contributed by atoms with van der Waals surface area (Å²) >= 11 is 0. The first-order valence-electron chi connectivity index (χ1n) is 6.84. The topological polar surface area (TPSA) is 77.3 Å². The zero-order valence-corrected chi connectivity index (χ0v) is 12.1. The van der Waals surface area contributed by atoms with E-state index < -0.39 is 5.97 Å². The number of hydrogen-bond donors (Lipinski definition) is 0. The highest BCUT2D eigenvalue weighted by Crippen LogP contribution is 2.10. The van der Waals surface area contributed by atoms with Crippen molar-refractivity contribution >= 4 is 11.9 Å². The van der Waals surface area contributed by atoms with Crippen molar-refractivity contribution in [3.05, 3.63) is 11.4 Å². The molecule has 0 unspecified atom stereocenters. The smallest absolute Gasteiger partial charge is 0.360 e. The fourth-order valence-corrected chi connectivity index (χ4v) is 1.80. The van der Waals surface area contributed by atoms with E-state index in [1.807, 2.05) is 13.8 Å². The summed E-state index contributed by atoms with van der Waals surface area (Å²) in [6.45, 7) is 7.71. The molecule has 1 aromatic rings. The summed E-state index contributed by atoms with van der Waals surface area (Å²) in [7, 11) is 0. The van der Waals surface area contributed by atoms with Crippen LogP contribution in [0, 0.1) is 12.8 Å². The number of aromatic nitrogens is 3. The molecule has 0 N–H and O–H groups in total. The van der Waals surface area contributed by atoms with E-state index in [4.69, 9.17) is 4.74 Å². The van der Waals surface area contributed by atoms with E-state index in [9.17, 15) is 9.59 Å². The molecule has 20 heavy (non-hydrogen) atoms. The Bertz CT molecular complexity index is 506. The van der Waals surface area contributed by atoms with Crippen molar-refractivity contribution in [2.45, 2.75) is 33.7 Å². The summed E-state index contributed by atoms with van der Waals surface area (Å²) in [5, 5.41) is 7.68. The molecule has 1 aliphatic heterocycles. The molecule has 1 saturated heterocycles. The maximum atomic E-state index is 11.9. The van der Waals surface area contributed by atoms with Crippen LogP contribution in [0.3, 0.4) is 0 Å². The summed E-state index contributed by atoms with van der Waals surface area (Å²) in [6, 6.07) is 0. The fourth-order valence-electron chi connectivity index (χ4n) is 1.80. The summed E-state index contributed by atoms with van der Waals surface area (Å²) in [5.74, 6) is -0.215. The van der Waals surface area contributed by atoms with Gasteiger partial charge in [-0.3, -0.25) is 4.79 Å². The van der Waals surface area contributed by atoms with Gasteiger partial charge in [-0.15, -0.1) is 5.10 Å². The van der Waals surface area contributed by atoms with E-state index in [0.29, 0.717) is 12.3 Å². The maximum absolute atomic E-state index is 11.9. The van der Waals surface area contributed by atoms with Crippen molar-refractivity contribution in [2.75, 3.05) is 19.7 Å². The molecule has 1 aliphatic rings. The quantitative estimate of drug-likeness (QED) is 0.739. The van der Waals surface area contributed by atoms with Crippen LogP contribution in [0.1, 0.15) is 36.5 Å². The summed E-state index contributed by atoms with van der Waals surface area (Å²) in [6.07, 6.45) is 1.05. The van der Waals surface area contributed by atoms with Gasteiger partial charge in [0, 0.05) is 13.1 Å². The predicted octanol–water partition coefficient (Wildman–Crippen LogP) is 0.632. The molecular weight excluding hydrogens is 260 g/mol. The van der Waals surface area contributed by atoms with E-state index in [0.717, 1.165) is 19.5 Å². The van der Waals surface area contributed by atoms with Gasteiger partial charge in [-0.05, 0) is 19.3 Å². The number of likely N-dealkylation sites (tertiary alicyclic amines) is 1. The highest BCUT2D eigenvalue weighted by Gasteiger charge is 2.23. The standard InChI is InChI=1S/C13H20N4O3/c1-9(2)8-20-13(19)12-10(3)17(15-14-12)7-11(18)16-5-4-6-16/h9H,4-8H2,1-3H3. The van der Waals surface area contributed by atoms with Crippen LogP contribution in [0.25, 0.3) is 0 Å². The van der Waals surface area contributed by atoms with Gasteiger partial charge in [0.15, 0.2) is 5.69 Å². The summed E-state index contributed by atoms with van der Waals surface area (Å²) in [5.41, 5.74) is 0.745. The largest absolute Gasteiger partial charge is 0.461 e. The van der Waals surface area contributed by atoms with Gasteiger partial charge in [0.25, 0.3) is 0 Å². The molecule has 0 saturated carbocycles. The van der Waals surface area contributed by atoms with Gasteiger partial charge in [-0.25, -0.2) is 9.48 Å². The van der Waals surface area contributed by atoms with Crippen LogP contribution in [-0.4, -0.2) is 51.5 Å². The number of ether oxygens (including phenoxy) is 1. The molecule has 2 heterocycles. The Morgan fingerprint density at radius 2 is 2.05 bits per heavy atom. The van der Waals surface area contributed by atoms with E-state index in [1.54, 1.807) is 11.8 Å². The number of nitrogens with zero attached hydrogens (tertiary/aromatic N) is 4. The Labute approximate surface area is 117 Å². The number of carbonyl (C=O) groups is 2. The Balaban J connectivity index is 1.98. The van der Waals surface area contributed by atoms with Gasteiger partial charge in [0.2, 0.25) is 5.91 Å². The zero-order valence-electron chi connectivity index (χ0n) is 12.1. The Morgan fingerprint density at radius 3 is 2.60 bits per heavy atom. The lowest BCUT2D eigenvalue weighted by Gasteiger charge is -2.30. The van der Waals surface area contributed by atoms with Crippen molar-refractivity contribution in [3.63, 3.8) is 0 Å². The molecule has 0 aliphatic carbocycles. The van der Waals surface area contributed by atoms with Gasteiger partial charge < -0.3 is 9.64 Å². The monoisotopic (exact) mass is 280 g/mol. The third kappa shape index (κ3) is 3.15. The van der Waals surface area contributed by atoms with Crippen LogP contribution in [0.5, 0.6) is 0 Å². The van der Waals surface area contributed by atoms with E-state index in [-0.39, 0.29) is 24.1 Å². The number of rotatable bonds is 5. The lowest BCUT2D eigenvalue weighted by molar-refractivity contribution is -0.135. The SMILES string of the molecule is Cc1c(C(=O)OCC(C)C)nnn1CC(=O)N1CCC1. The molecule has 0 aromatic carbocycles. The molecule has 0 radical (unpaired) electrons. The van der Waals surface area contributed by atoms with Crippen LogP contribution < -0.4 is 0 Å². The average molecular weight is 280 g/mol. The third-order valence-corrected chi connectivity index (χ3v) is 3.22. The molecular formula is C13H20N4O3. The Kier molecular flexibility index (Phi) is 4.36.